The van der Waals surface area contributed by atoms with E-state index >= 15 is 0 Å². The van der Waals surface area contributed by atoms with Crippen molar-refractivity contribution in [2.24, 2.45) is 0 Å². The lowest BCUT2D eigenvalue weighted by Gasteiger charge is -2.34. The molecular formula is C17H18N2O5. The molecule has 1 aliphatic carbocycles. The van der Waals surface area contributed by atoms with Crippen molar-refractivity contribution in [3.05, 3.63) is 34.9 Å². The van der Waals surface area contributed by atoms with Gasteiger partial charge in [0.15, 0.2) is 0 Å². The van der Waals surface area contributed by atoms with E-state index in [-0.39, 0.29) is 16.7 Å². The fraction of sp³-hybridized carbons (Fsp3) is 0.412. The Morgan fingerprint density at radius 1 is 1.08 bits per heavy atom. The van der Waals surface area contributed by atoms with Crippen molar-refractivity contribution in [2.75, 3.05) is 7.05 Å². The van der Waals surface area contributed by atoms with Crippen LogP contribution < -0.4 is 5.32 Å². The maximum absolute atomic E-state index is 12.5. The molecule has 0 atom stereocenters. The molecule has 0 aromatic heterocycles. The number of amides is 3. The Balaban J connectivity index is 1.88. The number of nitrogens with one attached hydrogen (secondary N) is 1. The van der Waals surface area contributed by atoms with Crippen LogP contribution in [0.3, 0.4) is 0 Å². The summed E-state index contributed by atoms with van der Waals surface area (Å²) in [6.07, 6.45) is 3.22. The zero-order chi connectivity index (χ0) is 17.5. The highest BCUT2D eigenvalue weighted by atomic mass is 16.4. The smallest absolute Gasteiger partial charge is 0.329 e. The number of carboxylic acids is 1. The van der Waals surface area contributed by atoms with Gasteiger partial charge in [-0.15, -0.1) is 0 Å². The number of imide groups is 1. The second-order valence-electron chi connectivity index (χ2n) is 6.33. The molecule has 7 nitrogen and oxygen atoms in total. The van der Waals surface area contributed by atoms with Crippen molar-refractivity contribution in [3.8, 4) is 0 Å². The largest absolute Gasteiger partial charge is 0.480 e. The van der Waals surface area contributed by atoms with E-state index in [4.69, 9.17) is 0 Å². The minimum absolute atomic E-state index is 0.170. The van der Waals surface area contributed by atoms with Crippen molar-refractivity contribution in [2.45, 2.75) is 37.6 Å². The lowest BCUT2D eigenvalue weighted by molar-refractivity contribution is -0.145. The van der Waals surface area contributed by atoms with E-state index in [0.29, 0.717) is 12.8 Å². The van der Waals surface area contributed by atoms with E-state index in [1.54, 1.807) is 0 Å². The maximum Gasteiger partial charge on any atom is 0.329 e. The number of carbonyl (C=O) groups is 4. The number of carboxylic acid groups (broad SMARTS) is 1. The molecular weight excluding hydrogens is 312 g/mol. The molecule has 1 fully saturated rings. The third-order valence-corrected chi connectivity index (χ3v) is 4.82. The highest BCUT2D eigenvalue weighted by Crippen LogP contribution is 2.29. The second kappa shape index (κ2) is 5.74. The Labute approximate surface area is 138 Å². The first-order chi connectivity index (χ1) is 11.4. The first kappa shape index (κ1) is 16.2. The van der Waals surface area contributed by atoms with Gasteiger partial charge in [-0.05, 0) is 31.0 Å². The number of hydrogen-bond donors (Lipinski definition) is 2. The van der Waals surface area contributed by atoms with E-state index in [2.05, 4.69) is 5.32 Å². The average molecular weight is 330 g/mol. The van der Waals surface area contributed by atoms with Gasteiger partial charge in [0, 0.05) is 12.6 Å². The van der Waals surface area contributed by atoms with Gasteiger partial charge in [0.1, 0.15) is 5.54 Å². The van der Waals surface area contributed by atoms with Gasteiger partial charge in [-0.3, -0.25) is 19.3 Å². The quantitative estimate of drug-likeness (QED) is 0.816. The molecule has 3 rings (SSSR count). The van der Waals surface area contributed by atoms with E-state index in [1.165, 1.54) is 25.2 Å². The fourth-order valence-corrected chi connectivity index (χ4v) is 3.34. The summed E-state index contributed by atoms with van der Waals surface area (Å²) >= 11 is 0. The van der Waals surface area contributed by atoms with E-state index in [9.17, 15) is 24.3 Å². The van der Waals surface area contributed by atoms with Gasteiger partial charge in [0.25, 0.3) is 17.7 Å². The van der Waals surface area contributed by atoms with Crippen LogP contribution in [-0.4, -0.2) is 46.3 Å². The highest BCUT2D eigenvalue weighted by Gasteiger charge is 2.41. The molecule has 2 N–H and O–H groups in total. The first-order valence-electron chi connectivity index (χ1n) is 7.88. The number of nitrogens with zero attached hydrogens (tertiary/aromatic N) is 1. The number of carbonyl (C=O) groups excluding carboxylic acids is 3. The summed E-state index contributed by atoms with van der Waals surface area (Å²) in [5, 5.41) is 12.2. The molecule has 1 aromatic carbocycles. The van der Waals surface area contributed by atoms with Crippen LogP contribution in [0.2, 0.25) is 0 Å². The summed E-state index contributed by atoms with van der Waals surface area (Å²) < 4.78 is 0. The predicted molar refractivity (Wildman–Crippen MR) is 83.8 cm³/mol. The van der Waals surface area contributed by atoms with Crippen LogP contribution in [0.4, 0.5) is 0 Å². The maximum atomic E-state index is 12.5. The Bertz CT molecular complexity index is 749. The van der Waals surface area contributed by atoms with Crippen LogP contribution >= 0.6 is 0 Å². The molecule has 1 aliphatic heterocycles. The fourth-order valence-electron chi connectivity index (χ4n) is 3.34. The Kier molecular flexibility index (Phi) is 3.87. The summed E-state index contributed by atoms with van der Waals surface area (Å²) in [7, 11) is 1.38. The monoisotopic (exact) mass is 330 g/mol. The molecule has 0 spiro atoms. The predicted octanol–water partition coefficient (Wildman–Crippen LogP) is 1.43. The van der Waals surface area contributed by atoms with Gasteiger partial charge in [-0.1, -0.05) is 19.3 Å². The Morgan fingerprint density at radius 3 is 2.33 bits per heavy atom. The molecule has 0 unspecified atom stereocenters. The normalized spacial score (nSPS) is 19.1. The number of aliphatic carboxylic acids is 1. The number of fused-ring (bicyclic) bond motifs is 1. The van der Waals surface area contributed by atoms with Gasteiger partial charge >= 0.3 is 5.97 Å². The molecule has 2 aliphatic rings. The molecule has 0 saturated heterocycles. The summed E-state index contributed by atoms with van der Waals surface area (Å²) in [6, 6.07) is 4.23. The second-order valence-corrected chi connectivity index (χ2v) is 6.33. The zero-order valence-electron chi connectivity index (χ0n) is 13.3. The van der Waals surface area contributed by atoms with Crippen molar-refractivity contribution in [1.82, 2.24) is 10.2 Å². The summed E-state index contributed by atoms with van der Waals surface area (Å²) in [6.45, 7) is 0. The molecule has 24 heavy (non-hydrogen) atoms. The average Bonchev–Trinajstić information content (AvgIpc) is 2.79. The third kappa shape index (κ3) is 2.46. The zero-order valence-corrected chi connectivity index (χ0v) is 13.3. The number of rotatable bonds is 3. The van der Waals surface area contributed by atoms with Gasteiger partial charge in [0.2, 0.25) is 0 Å². The minimum atomic E-state index is -1.26. The molecule has 1 aromatic rings. The standard InChI is InChI=1S/C17H18N2O5/c1-19-14(21)11-6-5-10(9-12(11)15(19)22)13(20)18-17(16(23)24)7-3-2-4-8-17/h5-6,9H,2-4,7-8H2,1H3,(H,18,20)(H,23,24). The molecule has 1 heterocycles. The highest BCUT2D eigenvalue weighted by molar-refractivity contribution is 6.21. The summed E-state index contributed by atoms with van der Waals surface area (Å²) in [4.78, 5) is 49.0. The Hall–Kier alpha value is -2.70. The molecule has 0 radical (unpaired) electrons. The van der Waals surface area contributed by atoms with Crippen molar-refractivity contribution in [3.63, 3.8) is 0 Å². The van der Waals surface area contributed by atoms with Crippen LogP contribution in [-0.2, 0) is 4.79 Å². The van der Waals surface area contributed by atoms with Gasteiger partial charge in [0.05, 0.1) is 11.1 Å². The summed E-state index contributed by atoms with van der Waals surface area (Å²) in [5.41, 5.74) is -0.658. The van der Waals surface area contributed by atoms with Gasteiger partial charge in [-0.2, -0.15) is 0 Å². The Morgan fingerprint density at radius 2 is 1.71 bits per heavy atom. The molecule has 1 saturated carbocycles. The molecule has 0 bridgehead atoms. The van der Waals surface area contributed by atoms with Crippen LogP contribution in [0.25, 0.3) is 0 Å². The topological polar surface area (TPSA) is 104 Å². The van der Waals surface area contributed by atoms with Crippen molar-refractivity contribution < 1.29 is 24.3 Å². The number of benzene rings is 1. The molecule has 7 heteroatoms. The third-order valence-electron chi connectivity index (χ3n) is 4.82. The lowest BCUT2D eigenvalue weighted by Crippen LogP contribution is -2.55. The number of hydrogen-bond acceptors (Lipinski definition) is 4. The first-order valence-corrected chi connectivity index (χ1v) is 7.88. The summed E-state index contributed by atoms with van der Waals surface area (Å²) in [5.74, 6) is -2.45. The van der Waals surface area contributed by atoms with Crippen LogP contribution in [0, 0.1) is 0 Å². The van der Waals surface area contributed by atoms with E-state index < -0.39 is 29.2 Å². The van der Waals surface area contributed by atoms with Crippen LogP contribution in [0.5, 0.6) is 0 Å². The van der Waals surface area contributed by atoms with Crippen molar-refractivity contribution >= 4 is 23.7 Å². The van der Waals surface area contributed by atoms with Gasteiger partial charge < -0.3 is 10.4 Å². The van der Waals surface area contributed by atoms with Crippen LogP contribution in [0.1, 0.15) is 63.2 Å². The van der Waals surface area contributed by atoms with Crippen molar-refractivity contribution in [1.29, 1.82) is 0 Å². The van der Waals surface area contributed by atoms with Gasteiger partial charge in [-0.25, -0.2) is 4.79 Å². The van der Waals surface area contributed by atoms with Crippen LogP contribution in [0.15, 0.2) is 18.2 Å². The SMILES string of the molecule is CN1C(=O)c2ccc(C(=O)NC3(C(=O)O)CCCCC3)cc2C1=O. The van der Waals surface area contributed by atoms with E-state index in [1.807, 2.05) is 0 Å². The minimum Gasteiger partial charge on any atom is -0.480 e. The lowest BCUT2D eigenvalue weighted by atomic mass is 9.81. The van der Waals surface area contributed by atoms with E-state index in [0.717, 1.165) is 24.2 Å². The molecule has 3 amide bonds. The molecule has 126 valence electrons.